The number of aromatic amines is 1. The van der Waals surface area contributed by atoms with Crippen LogP contribution in [-0.4, -0.2) is 25.2 Å². The monoisotopic (exact) mass is 378 g/mol. The van der Waals surface area contributed by atoms with Crippen LogP contribution >= 0.6 is 15.9 Å². The summed E-state index contributed by atoms with van der Waals surface area (Å²) in [5.74, 6) is 0.515. The number of nitrogens with zero attached hydrogens (tertiary/aromatic N) is 5. The standard InChI is InChI=1S/C17H11BrN6/c18-14-4-1-11(2-5-14)9-24-10-13(8-19)15-7-12(3-6-16(15)24)17-20-22-23-21-17/h1-7,10H,9H2,(H,20,21,22,23). The fourth-order valence-electron chi connectivity index (χ4n) is 2.73. The summed E-state index contributed by atoms with van der Waals surface area (Å²) in [6.45, 7) is 0.701. The quantitative estimate of drug-likeness (QED) is 0.591. The van der Waals surface area contributed by atoms with Crippen LogP contribution < -0.4 is 0 Å². The molecule has 2 aromatic carbocycles. The number of aromatic nitrogens is 5. The number of fused-ring (bicyclic) bond motifs is 1. The number of hydrogen-bond acceptors (Lipinski definition) is 4. The molecule has 2 heterocycles. The molecular weight excluding hydrogens is 368 g/mol. The first-order chi connectivity index (χ1) is 11.7. The number of rotatable bonds is 3. The van der Waals surface area contributed by atoms with Gasteiger partial charge in [0.2, 0.25) is 5.82 Å². The highest BCUT2D eigenvalue weighted by Crippen LogP contribution is 2.26. The smallest absolute Gasteiger partial charge is 0.204 e. The van der Waals surface area contributed by atoms with Gasteiger partial charge in [-0.05, 0) is 41.1 Å². The van der Waals surface area contributed by atoms with Crippen LogP contribution in [0, 0.1) is 11.3 Å². The molecule has 7 heteroatoms. The van der Waals surface area contributed by atoms with Gasteiger partial charge >= 0.3 is 0 Å². The maximum atomic E-state index is 9.45. The van der Waals surface area contributed by atoms with E-state index in [0.29, 0.717) is 17.9 Å². The largest absolute Gasteiger partial charge is 0.342 e. The second-order valence-corrected chi connectivity index (χ2v) is 6.29. The van der Waals surface area contributed by atoms with Crippen molar-refractivity contribution in [2.24, 2.45) is 0 Å². The van der Waals surface area contributed by atoms with Crippen LogP contribution in [0.25, 0.3) is 22.3 Å². The zero-order valence-electron chi connectivity index (χ0n) is 12.4. The third-order valence-electron chi connectivity index (χ3n) is 3.87. The third-order valence-corrected chi connectivity index (χ3v) is 4.40. The predicted molar refractivity (Wildman–Crippen MR) is 93.1 cm³/mol. The van der Waals surface area contributed by atoms with E-state index in [9.17, 15) is 5.26 Å². The topological polar surface area (TPSA) is 83.2 Å². The van der Waals surface area contributed by atoms with Crippen molar-refractivity contribution < 1.29 is 0 Å². The molecule has 4 aromatic rings. The van der Waals surface area contributed by atoms with Crippen molar-refractivity contribution in [3.8, 4) is 17.5 Å². The molecule has 6 nitrogen and oxygen atoms in total. The minimum Gasteiger partial charge on any atom is -0.342 e. The van der Waals surface area contributed by atoms with E-state index < -0.39 is 0 Å². The van der Waals surface area contributed by atoms with Crippen LogP contribution in [-0.2, 0) is 6.54 Å². The molecule has 24 heavy (non-hydrogen) atoms. The summed E-state index contributed by atoms with van der Waals surface area (Å²) in [4.78, 5) is 0. The second kappa shape index (κ2) is 5.91. The zero-order chi connectivity index (χ0) is 16.5. The van der Waals surface area contributed by atoms with Crippen molar-refractivity contribution in [3.63, 3.8) is 0 Å². The molecule has 0 saturated heterocycles. The molecular formula is C17H11BrN6. The molecule has 2 aromatic heterocycles. The number of halogens is 1. The van der Waals surface area contributed by atoms with Crippen molar-refractivity contribution in [1.29, 1.82) is 5.26 Å². The van der Waals surface area contributed by atoms with Crippen LogP contribution in [0.3, 0.4) is 0 Å². The lowest BCUT2D eigenvalue weighted by Crippen LogP contribution is -1.97. The Morgan fingerprint density at radius 1 is 1.17 bits per heavy atom. The van der Waals surface area contributed by atoms with Gasteiger partial charge in [-0.2, -0.15) is 10.5 Å². The van der Waals surface area contributed by atoms with E-state index in [-0.39, 0.29) is 0 Å². The maximum Gasteiger partial charge on any atom is 0.204 e. The number of benzene rings is 2. The SMILES string of the molecule is N#Cc1cn(Cc2ccc(Br)cc2)c2ccc(-c3nn[nH]n3)cc12. The summed E-state index contributed by atoms with van der Waals surface area (Å²) in [6, 6.07) is 16.3. The molecule has 116 valence electrons. The summed E-state index contributed by atoms with van der Waals surface area (Å²) in [5, 5.41) is 24.3. The lowest BCUT2D eigenvalue weighted by molar-refractivity contribution is 0.835. The number of H-pyrrole nitrogens is 1. The first-order valence-corrected chi connectivity index (χ1v) is 8.05. The zero-order valence-corrected chi connectivity index (χ0v) is 14.0. The molecule has 0 saturated carbocycles. The highest BCUT2D eigenvalue weighted by Gasteiger charge is 2.12. The van der Waals surface area contributed by atoms with E-state index >= 15 is 0 Å². The average molecular weight is 379 g/mol. The van der Waals surface area contributed by atoms with Gasteiger partial charge in [0, 0.05) is 33.7 Å². The van der Waals surface area contributed by atoms with Gasteiger partial charge in [0.25, 0.3) is 0 Å². The molecule has 0 radical (unpaired) electrons. The molecule has 0 bridgehead atoms. The Morgan fingerprint density at radius 3 is 2.71 bits per heavy atom. The van der Waals surface area contributed by atoms with E-state index in [2.05, 4.69) is 59.3 Å². The van der Waals surface area contributed by atoms with E-state index in [1.165, 1.54) is 5.56 Å². The van der Waals surface area contributed by atoms with E-state index in [4.69, 9.17) is 0 Å². The molecule has 0 aliphatic heterocycles. The summed E-state index contributed by atoms with van der Waals surface area (Å²) in [6.07, 6.45) is 1.88. The molecule has 0 amide bonds. The van der Waals surface area contributed by atoms with Gasteiger partial charge in [0.05, 0.1) is 5.56 Å². The minimum absolute atomic E-state index is 0.515. The molecule has 0 aliphatic rings. The number of nitrogens with one attached hydrogen (secondary N) is 1. The van der Waals surface area contributed by atoms with Crippen molar-refractivity contribution in [1.82, 2.24) is 25.2 Å². The Hall–Kier alpha value is -2.98. The van der Waals surface area contributed by atoms with Gasteiger partial charge in [0.1, 0.15) is 6.07 Å². The molecule has 0 aliphatic carbocycles. The van der Waals surface area contributed by atoms with Crippen LogP contribution in [0.5, 0.6) is 0 Å². The first-order valence-electron chi connectivity index (χ1n) is 7.26. The normalized spacial score (nSPS) is 10.8. The summed E-state index contributed by atoms with van der Waals surface area (Å²) < 4.78 is 3.13. The predicted octanol–water partition coefficient (Wildman–Crippen LogP) is 3.50. The highest BCUT2D eigenvalue weighted by atomic mass is 79.9. The van der Waals surface area contributed by atoms with Gasteiger partial charge < -0.3 is 4.57 Å². The molecule has 1 N–H and O–H groups in total. The maximum absolute atomic E-state index is 9.45. The average Bonchev–Trinajstić information content (AvgIpc) is 3.25. The van der Waals surface area contributed by atoms with Gasteiger partial charge in [-0.25, -0.2) is 0 Å². The second-order valence-electron chi connectivity index (χ2n) is 5.38. The van der Waals surface area contributed by atoms with Crippen LogP contribution in [0.1, 0.15) is 11.1 Å². The molecule has 0 atom stereocenters. The van der Waals surface area contributed by atoms with E-state index in [1.54, 1.807) is 0 Å². The van der Waals surface area contributed by atoms with Crippen LogP contribution in [0.4, 0.5) is 0 Å². The first kappa shape index (κ1) is 14.6. The van der Waals surface area contributed by atoms with Gasteiger partial charge in [0.15, 0.2) is 0 Å². The molecule has 4 rings (SSSR count). The van der Waals surface area contributed by atoms with Crippen molar-refractivity contribution >= 4 is 26.8 Å². The summed E-state index contributed by atoms with van der Waals surface area (Å²) in [5.41, 5.74) is 3.63. The Bertz CT molecular complexity index is 1040. The minimum atomic E-state index is 0.515. The lowest BCUT2D eigenvalue weighted by atomic mass is 10.1. The Kier molecular flexibility index (Phi) is 3.59. The summed E-state index contributed by atoms with van der Waals surface area (Å²) in [7, 11) is 0. The van der Waals surface area contributed by atoms with Crippen molar-refractivity contribution in [2.75, 3.05) is 0 Å². The van der Waals surface area contributed by atoms with E-state index in [0.717, 1.165) is 20.9 Å². The third kappa shape index (κ3) is 2.57. The van der Waals surface area contributed by atoms with Gasteiger partial charge in [-0.1, -0.05) is 28.1 Å². The van der Waals surface area contributed by atoms with Crippen molar-refractivity contribution in [3.05, 3.63) is 64.3 Å². The van der Waals surface area contributed by atoms with Crippen molar-refractivity contribution in [2.45, 2.75) is 6.54 Å². The Labute approximate surface area is 145 Å². The number of hydrogen-bond donors (Lipinski definition) is 1. The molecule has 0 spiro atoms. The number of nitriles is 1. The summed E-state index contributed by atoms with van der Waals surface area (Å²) >= 11 is 3.44. The fourth-order valence-corrected chi connectivity index (χ4v) is 2.99. The Morgan fingerprint density at radius 2 is 2.00 bits per heavy atom. The van der Waals surface area contributed by atoms with Crippen LogP contribution in [0.15, 0.2) is 53.1 Å². The molecule has 0 fully saturated rings. The highest BCUT2D eigenvalue weighted by molar-refractivity contribution is 9.10. The van der Waals surface area contributed by atoms with Gasteiger partial charge in [-0.3, -0.25) is 0 Å². The lowest BCUT2D eigenvalue weighted by Gasteiger charge is -2.06. The molecule has 0 unspecified atom stereocenters. The fraction of sp³-hybridized carbons (Fsp3) is 0.0588. The van der Waals surface area contributed by atoms with Crippen LogP contribution in [0.2, 0.25) is 0 Å². The van der Waals surface area contributed by atoms with E-state index in [1.807, 2.05) is 36.5 Å². The Balaban J connectivity index is 1.79. The number of tetrazole rings is 1. The van der Waals surface area contributed by atoms with Gasteiger partial charge in [-0.15, -0.1) is 10.2 Å².